The number of nitrogens with two attached hydrogens (primary N) is 1. The number of hydrogen-bond acceptors (Lipinski definition) is 4. The molecule has 1 fully saturated rings. The highest BCUT2D eigenvalue weighted by atomic mass is 16.5. The third-order valence-electron chi connectivity index (χ3n) is 5.47. The van der Waals surface area contributed by atoms with E-state index in [0.717, 1.165) is 43.4 Å². The minimum atomic E-state index is -0.111. The van der Waals surface area contributed by atoms with Gasteiger partial charge in [-0.25, -0.2) is 9.98 Å². The number of methoxy groups -OCH3 is 1. The van der Waals surface area contributed by atoms with Gasteiger partial charge in [-0.05, 0) is 58.4 Å². The zero-order valence-corrected chi connectivity index (χ0v) is 18.2. The Balaban J connectivity index is 2.01. The summed E-state index contributed by atoms with van der Waals surface area (Å²) in [5.41, 5.74) is 9.89. The Bertz CT molecular complexity index is 824. The number of carbonyl (C=O) groups is 1. The molecule has 0 radical (unpaired) electrons. The number of allylic oxidation sites excluding steroid dienone is 4. The monoisotopic (exact) mass is 399 g/mol. The van der Waals surface area contributed by atoms with E-state index in [1.54, 1.807) is 6.20 Å². The summed E-state index contributed by atoms with van der Waals surface area (Å²) in [6.45, 7) is 8.16. The number of rotatable bonds is 6. The Kier molecular flexibility index (Phi) is 8.36. The lowest BCUT2D eigenvalue weighted by atomic mass is 9.86. The molecule has 0 bridgehead atoms. The Morgan fingerprint density at radius 3 is 2.59 bits per heavy atom. The van der Waals surface area contributed by atoms with Crippen LogP contribution in [0.1, 0.15) is 65.8 Å². The Hall–Kier alpha value is -2.70. The van der Waals surface area contributed by atoms with E-state index in [9.17, 15) is 4.79 Å². The van der Waals surface area contributed by atoms with Gasteiger partial charge in [0.2, 0.25) is 5.96 Å². The molecule has 158 valence electrons. The summed E-state index contributed by atoms with van der Waals surface area (Å²) in [4.78, 5) is 20.4. The summed E-state index contributed by atoms with van der Waals surface area (Å²) in [6, 6.07) is 0.269. The van der Waals surface area contributed by atoms with Crippen LogP contribution >= 0.6 is 0 Å². The molecule has 29 heavy (non-hydrogen) atoms. The predicted octanol–water partition coefficient (Wildman–Crippen LogP) is 4.50. The average Bonchev–Trinajstić information content (AvgIpc) is 3.19. The maximum Gasteiger partial charge on any atom is 0.308 e. The standard InChI is InChI=1S/C22H33N5O2/c1-6-15(2)7-8-16(3)17(4)25-22(23)26-19-13-24-27(14-19)20-11-9-18(10-12-20)21(28)29-5/h7-8,13-14,18,20H,6,9-12H2,1-5H3,(H2,23,26)/b15-7+,16-8+,25-17+. The van der Waals surface area contributed by atoms with Crippen LogP contribution < -0.4 is 5.73 Å². The molecule has 2 rings (SSSR count). The number of nitrogens with zero attached hydrogens (tertiary/aromatic N) is 4. The molecule has 1 aliphatic rings. The van der Waals surface area contributed by atoms with Gasteiger partial charge in [0, 0.05) is 5.71 Å². The van der Waals surface area contributed by atoms with Crippen molar-refractivity contribution in [3.05, 3.63) is 35.7 Å². The minimum absolute atomic E-state index is 0.00418. The summed E-state index contributed by atoms with van der Waals surface area (Å²) < 4.78 is 6.76. The fraction of sp³-hybridized carbons (Fsp3) is 0.545. The van der Waals surface area contributed by atoms with E-state index in [-0.39, 0.29) is 23.9 Å². The molecule has 1 aliphatic carbocycles. The number of aromatic nitrogens is 2. The highest BCUT2D eigenvalue weighted by Gasteiger charge is 2.28. The second-order valence-corrected chi connectivity index (χ2v) is 7.59. The fourth-order valence-corrected chi connectivity index (χ4v) is 3.25. The first-order valence-electron chi connectivity index (χ1n) is 10.2. The van der Waals surface area contributed by atoms with E-state index in [1.807, 2.05) is 30.8 Å². The highest BCUT2D eigenvalue weighted by Crippen LogP contribution is 2.33. The highest BCUT2D eigenvalue weighted by molar-refractivity contribution is 6.05. The van der Waals surface area contributed by atoms with Crippen LogP contribution in [-0.4, -0.2) is 34.5 Å². The third-order valence-corrected chi connectivity index (χ3v) is 5.47. The van der Waals surface area contributed by atoms with Crippen molar-refractivity contribution in [1.82, 2.24) is 9.78 Å². The van der Waals surface area contributed by atoms with Gasteiger partial charge in [0.1, 0.15) is 5.69 Å². The molecule has 0 saturated heterocycles. The molecule has 7 nitrogen and oxygen atoms in total. The SMILES string of the molecule is CC/C(C)=C/C=C(C)/C(C)=N/C(N)=Nc1cnn(C2CCC(C(=O)OC)CC2)c1. The maximum atomic E-state index is 11.7. The molecule has 0 spiro atoms. The molecule has 0 aliphatic heterocycles. The summed E-state index contributed by atoms with van der Waals surface area (Å²) in [6.07, 6.45) is 12.2. The van der Waals surface area contributed by atoms with Crippen LogP contribution in [0.4, 0.5) is 5.69 Å². The lowest BCUT2D eigenvalue weighted by Gasteiger charge is -2.26. The molecule has 1 heterocycles. The fourth-order valence-electron chi connectivity index (χ4n) is 3.25. The lowest BCUT2D eigenvalue weighted by molar-refractivity contribution is -0.146. The van der Waals surface area contributed by atoms with Gasteiger partial charge < -0.3 is 10.5 Å². The first-order valence-corrected chi connectivity index (χ1v) is 10.2. The van der Waals surface area contributed by atoms with Gasteiger partial charge >= 0.3 is 5.97 Å². The molecule has 0 atom stereocenters. The smallest absolute Gasteiger partial charge is 0.308 e. The van der Waals surface area contributed by atoms with Crippen LogP contribution in [0.15, 0.2) is 45.7 Å². The largest absolute Gasteiger partial charge is 0.469 e. The van der Waals surface area contributed by atoms with Crippen LogP contribution in [0.2, 0.25) is 0 Å². The normalized spacial score (nSPS) is 22.0. The van der Waals surface area contributed by atoms with E-state index in [1.165, 1.54) is 12.7 Å². The van der Waals surface area contributed by atoms with Crippen LogP contribution in [0, 0.1) is 5.92 Å². The number of aliphatic imine (C=N–C) groups is 2. The molecule has 7 heteroatoms. The van der Waals surface area contributed by atoms with E-state index in [2.05, 4.69) is 35.0 Å². The van der Waals surface area contributed by atoms with Crippen LogP contribution in [0.5, 0.6) is 0 Å². The number of hydrogen-bond donors (Lipinski definition) is 1. The summed E-state index contributed by atoms with van der Waals surface area (Å²) in [7, 11) is 1.45. The number of ether oxygens (including phenoxy) is 1. The van der Waals surface area contributed by atoms with Crippen LogP contribution in [-0.2, 0) is 9.53 Å². The van der Waals surface area contributed by atoms with Gasteiger partial charge in [-0.2, -0.15) is 5.10 Å². The molecular formula is C22H33N5O2. The van der Waals surface area contributed by atoms with Gasteiger partial charge in [-0.15, -0.1) is 0 Å². The molecular weight excluding hydrogens is 366 g/mol. The molecule has 1 saturated carbocycles. The first-order chi connectivity index (χ1) is 13.8. The van der Waals surface area contributed by atoms with Gasteiger partial charge in [0.15, 0.2) is 0 Å². The van der Waals surface area contributed by atoms with Crippen molar-refractivity contribution in [2.24, 2.45) is 21.6 Å². The second kappa shape index (κ2) is 10.7. The van der Waals surface area contributed by atoms with E-state index < -0.39 is 0 Å². The Labute approximate surface area is 173 Å². The van der Waals surface area contributed by atoms with Gasteiger partial charge in [-0.1, -0.05) is 24.6 Å². The quantitative estimate of drug-likeness (QED) is 0.330. The van der Waals surface area contributed by atoms with Gasteiger partial charge in [0.25, 0.3) is 0 Å². The molecule has 1 aromatic rings. The minimum Gasteiger partial charge on any atom is -0.469 e. The Morgan fingerprint density at radius 2 is 1.97 bits per heavy atom. The third kappa shape index (κ3) is 6.69. The number of guanidine groups is 1. The summed E-state index contributed by atoms with van der Waals surface area (Å²) in [5, 5.41) is 4.43. The molecule has 0 unspecified atom stereocenters. The topological polar surface area (TPSA) is 94.9 Å². The lowest BCUT2D eigenvalue weighted by Crippen LogP contribution is -2.24. The second-order valence-electron chi connectivity index (χ2n) is 7.59. The molecule has 1 aromatic heterocycles. The van der Waals surface area contributed by atoms with Crippen LogP contribution in [0.25, 0.3) is 0 Å². The average molecular weight is 400 g/mol. The van der Waals surface area contributed by atoms with E-state index >= 15 is 0 Å². The zero-order valence-electron chi connectivity index (χ0n) is 18.2. The van der Waals surface area contributed by atoms with Gasteiger partial charge in [0.05, 0.1) is 31.5 Å². The first kappa shape index (κ1) is 22.6. The van der Waals surface area contributed by atoms with Crippen molar-refractivity contribution >= 4 is 23.3 Å². The van der Waals surface area contributed by atoms with Crippen molar-refractivity contribution in [3.63, 3.8) is 0 Å². The van der Waals surface area contributed by atoms with Gasteiger partial charge in [-0.3, -0.25) is 9.48 Å². The van der Waals surface area contributed by atoms with Crippen molar-refractivity contribution in [2.45, 2.75) is 65.8 Å². The summed E-state index contributed by atoms with van der Waals surface area (Å²) >= 11 is 0. The van der Waals surface area contributed by atoms with Crippen molar-refractivity contribution < 1.29 is 9.53 Å². The molecule has 0 aromatic carbocycles. The maximum absolute atomic E-state index is 11.7. The van der Waals surface area contributed by atoms with E-state index in [4.69, 9.17) is 10.5 Å². The Morgan fingerprint density at radius 1 is 1.28 bits per heavy atom. The predicted molar refractivity (Wildman–Crippen MR) is 117 cm³/mol. The van der Waals surface area contributed by atoms with Crippen LogP contribution in [0.3, 0.4) is 0 Å². The zero-order chi connectivity index (χ0) is 21.4. The molecule has 0 amide bonds. The summed E-state index contributed by atoms with van der Waals surface area (Å²) in [5.74, 6) is 0.102. The van der Waals surface area contributed by atoms with Crippen molar-refractivity contribution in [3.8, 4) is 0 Å². The van der Waals surface area contributed by atoms with E-state index in [0.29, 0.717) is 5.69 Å². The number of carbonyl (C=O) groups excluding carboxylic acids is 1. The van der Waals surface area contributed by atoms with Crippen molar-refractivity contribution in [2.75, 3.05) is 7.11 Å². The van der Waals surface area contributed by atoms with Crippen molar-refractivity contribution in [1.29, 1.82) is 0 Å². The molecule has 2 N–H and O–H groups in total. The number of esters is 1.